The Balaban J connectivity index is 1.99. The molecule has 0 unspecified atom stereocenters. The van der Waals surface area contributed by atoms with Gasteiger partial charge in [0.15, 0.2) is 0 Å². The fourth-order valence-electron chi connectivity index (χ4n) is 1.80. The first-order valence-electron chi connectivity index (χ1n) is 6.29. The summed E-state index contributed by atoms with van der Waals surface area (Å²) in [7, 11) is 0. The van der Waals surface area contributed by atoms with Gasteiger partial charge < -0.3 is 4.74 Å². The molecule has 0 aliphatic rings. The van der Waals surface area contributed by atoms with Crippen molar-refractivity contribution >= 4 is 23.2 Å². The lowest BCUT2D eigenvalue weighted by molar-refractivity contribution is 0.482. The third-order valence-corrected chi connectivity index (χ3v) is 3.23. The third-order valence-electron chi connectivity index (χ3n) is 2.85. The molecule has 2 aromatic rings. The molecule has 0 amide bonds. The maximum Gasteiger partial charge on any atom is 0.127 e. The normalized spacial score (nSPS) is 10.4. The molecule has 0 aliphatic heterocycles. The number of ether oxygens (including phenoxy) is 1. The molecule has 0 saturated carbocycles. The van der Waals surface area contributed by atoms with E-state index in [1.165, 1.54) is 11.1 Å². The van der Waals surface area contributed by atoms with Crippen molar-refractivity contribution in [1.29, 1.82) is 0 Å². The fraction of sp³-hybridized carbons (Fsp3) is 0.250. The highest BCUT2D eigenvalue weighted by Gasteiger charge is 1.99. The minimum absolute atomic E-state index is 0.641. The molecule has 0 radical (unpaired) electrons. The van der Waals surface area contributed by atoms with Crippen molar-refractivity contribution in [3.8, 4) is 11.5 Å². The zero-order valence-electron chi connectivity index (χ0n) is 10.6. The first-order valence-corrected chi connectivity index (χ1v) is 7.36. The molecule has 0 aliphatic carbocycles. The van der Waals surface area contributed by atoms with Crippen LogP contribution in [-0.4, -0.2) is 11.8 Å². The van der Waals surface area contributed by atoms with E-state index in [1.54, 1.807) is 0 Å². The summed E-state index contributed by atoms with van der Waals surface area (Å²) in [5, 5.41) is 0. The molecule has 1 nitrogen and oxygen atoms in total. The van der Waals surface area contributed by atoms with E-state index in [-0.39, 0.29) is 0 Å². The van der Waals surface area contributed by atoms with Gasteiger partial charge in [0.2, 0.25) is 0 Å². The van der Waals surface area contributed by atoms with E-state index >= 15 is 0 Å². The van der Waals surface area contributed by atoms with Crippen LogP contribution in [0.4, 0.5) is 0 Å². The summed E-state index contributed by atoms with van der Waals surface area (Å²) in [4.78, 5) is 0. The van der Waals surface area contributed by atoms with Gasteiger partial charge in [0, 0.05) is 11.8 Å². The van der Waals surface area contributed by atoms with Gasteiger partial charge in [-0.3, -0.25) is 0 Å². The molecule has 0 bridgehead atoms. The maximum absolute atomic E-state index is 5.78. The SMILES string of the molecule is ClCCc1ccc(Oc2ccc(CCCl)cc2)cc1. The van der Waals surface area contributed by atoms with Gasteiger partial charge >= 0.3 is 0 Å². The topological polar surface area (TPSA) is 9.23 Å². The van der Waals surface area contributed by atoms with Crippen molar-refractivity contribution in [1.82, 2.24) is 0 Å². The van der Waals surface area contributed by atoms with Gasteiger partial charge in [0.05, 0.1) is 0 Å². The molecule has 3 heteroatoms. The second-order valence-electron chi connectivity index (χ2n) is 4.27. The van der Waals surface area contributed by atoms with E-state index in [0.29, 0.717) is 11.8 Å². The van der Waals surface area contributed by atoms with E-state index in [9.17, 15) is 0 Å². The fourth-order valence-corrected chi connectivity index (χ4v) is 2.24. The lowest BCUT2D eigenvalue weighted by atomic mass is 10.1. The van der Waals surface area contributed by atoms with E-state index < -0.39 is 0 Å². The molecule has 0 N–H and O–H groups in total. The second-order valence-corrected chi connectivity index (χ2v) is 5.02. The van der Waals surface area contributed by atoms with Crippen LogP contribution in [0.25, 0.3) is 0 Å². The summed E-state index contributed by atoms with van der Waals surface area (Å²) in [6.45, 7) is 0. The zero-order chi connectivity index (χ0) is 13.5. The Hall–Kier alpha value is -1.18. The van der Waals surface area contributed by atoms with Crippen molar-refractivity contribution in [2.75, 3.05) is 11.8 Å². The lowest BCUT2D eigenvalue weighted by Crippen LogP contribution is -1.89. The summed E-state index contributed by atoms with van der Waals surface area (Å²) >= 11 is 11.4. The average molecular weight is 295 g/mol. The van der Waals surface area contributed by atoms with Crippen molar-refractivity contribution in [2.24, 2.45) is 0 Å². The van der Waals surface area contributed by atoms with Crippen molar-refractivity contribution in [2.45, 2.75) is 12.8 Å². The smallest absolute Gasteiger partial charge is 0.127 e. The number of hydrogen-bond acceptors (Lipinski definition) is 1. The zero-order valence-corrected chi connectivity index (χ0v) is 12.1. The largest absolute Gasteiger partial charge is 0.457 e. The molecule has 2 rings (SSSR count). The van der Waals surface area contributed by atoms with Gasteiger partial charge in [-0.2, -0.15) is 0 Å². The quantitative estimate of drug-likeness (QED) is 0.678. The Labute approximate surface area is 124 Å². The molecule has 0 atom stereocenters. The van der Waals surface area contributed by atoms with E-state index in [4.69, 9.17) is 27.9 Å². The number of rotatable bonds is 6. The standard InChI is InChI=1S/C16H16Cl2O/c17-11-9-13-1-5-15(6-2-13)19-16-7-3-14(4-8-16)10-12-18/h1-8H,9-12H2. The molecule has 0 spiro atoms. The lowest BCUT2D eigenvalue weighted by Gasteiger charge is -2.07. The molecular formula is C16H16Cl2O. The van der Waals surface area contributed by atoms with Gasteiger partial charge in [0.25, 0.3) is 0 Å². The summed E-state index contributed by atoms with van der Waals surface area (Å²) < 4.78 is 5.78. The Kier molecular flexibility index (Phi) is 5.56. The summed E-state index contributed by atoms with van der Waals surface area (Å²) in [5.41, 5.74) is 2.44. The molecular weight excluding hydrogens is 279 g/mol. The van der Waals surface area contributed by atoms with Crippen LogP contribution in [0.3, 0.4) is 0 Å². The maximum atomic E-state index is 5.78. The van der Waals surface area contributed by atoms with Crippen LogP contribution in [0.2, 0.25) is 0 Å². The minimum atomic E-state index is 0.641. The second kappa shape index (κ2) is 7.42. The highest BCUT2D eigenvalue weighted by atomic mass is 35.5. The van der Waals surface area contributed by atoms with Gasteiger partial charge in [-0.25, -0.2) is 0 Å². The average Bonchev–Trinajstić information content (AvgIpc) is 2.44. The first-order chi connectivity index (χ1) is 9.31. The first kappa shape index (κ1) is 14.2. The van der Waals surface area contributed by atoms with Crippen molar-refractivity contribution in [3.05, 3.63) is 59.7 Å². The van der Waals surface area contributed by atoms with Gasteiger partial charge in [-0.05, 0) is 48.2 Å². The predicted octanol–water partition coefficient (Wildman–Crippen LogP) is 5.04. The van der Waals surface area contributed by atoms with Gasteiger partial charge in [0.1, 0.15) is 11.5 Å². The molecule has 100 valence electrons. The number of hydrogen-bond donors (Lipinski definition) is 0. The Morgan fingerprint density at radius 2 is 1.00 bits per heavy atom. The van der Waals surface area contributed by atoms with E-state index in [1.807, 2.05) is 48.5 Å². The molecule has 19 heavy (non-hydrogen) atoms. The molecule has 0 fully saturated rings. The van der Waals surface area contributed by atoms with Crippen LogP contribution in [0.1, 0.15) is 11.1 Å². The summed E-state index contributed by atoms with van der Waals surface area (Å²) in [5.74, 6) is 2.96. The summed E-state index contributed by atoms with van der Waals surface area (Å²) in [6, 6.07) is 16.0. The van der Waals surface area contributed by atoms with Crippen molar-refractivity contribution in [3.63, 3.8) is 0 Å². The van der Waals surface area contributed by atoms with Crippen molar-refractivity contribution < 1.29 is 4.74 Å². The van der Waals surface area contributed by atoms with Crippen LogP contribution < -0.4 is 4.74 Å². The Morgan fingerprint density at radius 3 is 1.32 bits per heavy atom. The number of aryl methyl sites for hydroxylation is 2. The Bertz CT molecular complexity index is 444. The molecule has 0 heterocycles. The predicted molar refractivity (Wildman–Crippen MR) is 81.8 cm³/mol. The number of halogens is 2. The minimum Gasteiger partial charge on any atom is -0.457 e. The van der Waals surface area contributed by atoms with E-state index in [0.717, 1.165) is 24.3 Å². The number of benzene rings is 2. The van der Waals surface area contributed by atoms with Crippen LogP contribution in [-0.2, 0) is 12.8 Å². The molecule has 0 aromatic heterocycles. The van der Waals surface area contributed by atoms with Crippen LogP contribution in [0.5, 0.6) is 11.5 Å². The third kappa shape index (κ3) is 4.45. The van der Waals surface area contributed by atoms with Gasteiger partial charge in [-0.15, -0.1) is 23.2 Å². The molecule has 0 saturated heterocycles. The highest BCUT2D eigenvalue weighted by Crippen LogP contribution is 2.22. The highest BCUT2D eigenvalue weighted by molar-refractivity contribution is 6.18. The molecule has 2 aromatic carbocycles. The van der Waals surface area contributed by atoms with Crippen LogP contribution >= 0.6 is 23.2 Å². The number of alkyl halides is 2. The monoisotopic (exact) mass is 294 g/mol. The van der Waals surface area contributed by atoms with E-state index in [2.05, 4.69) is 0 Å². The summed E-state index contributed by atoms with van der Waals surface area (Å²) in [6.07, 6.45) is 1.77. The van der Waals surface area contributed by atoms with Crippen LogP contribution in [0.15, 0.2) is 48.5 Å². The van der Waals surface area contributed by atoms with Gasteiger partial charge in [-0.1, -0.05) is 24.3 Å². The van der Waals surface area contributed by atoms with Crippen LogP contribution in [0, 0.1) is 0 Å². The Morgan fingerprint density at radius 1 is 0.632 bits per heavy atom.